The maximum absolute atomic E-state index is 12.4. The Balaban J connectivity index is 2.31. The van der Waals surface area contributed by atoms with Crippen LogP contribution in [0.3, 0.4) is 0 Å². The van der Waals surface area contributed by atoms with Gasteiger partial charge in [-0.2, -0.15) is 0 Å². The number of phenolic OH excluding ortho intramolecular Hbond substituents is 3. The van der Waals surface area contributed by atoms with Crippen LogP contribution in [-0.4, -0.2) is 32.3 Å². The molecule has 0 aliphatic carbocycles. The molecule has 0 saturated carbocycles. The van der Waals surface area contributed by atoms with E-state index in [1.54, 1.807) is 25.1 Å². The van der Waals surface area contributed by atoms with Crippen LogP contribution in [0.15, 0.2) is 48.6 Å². The number of aryl methyl sites for hydroxylation is 1. The number of aliphatic hydroxyl groups is 1. The average molecular weight is 354 g/mol. The van der Waals surface area contributed by atoms with E-state index in [4.69, 9.17) is 0 Å². The van der Waals surface area contributed by atoms with Gasteiger partial charge in [-0.3, -0.25) is 4.79 Å². The molecule has 0 aliphatic rings. The number of allylic oxidation sites excluding steroid dienone is 1. The first kappa shape index (κ1) is 19.3. The molecule has 0 radical (unpaired) electrons. The monoisotopic (exact) mass is 354 g/mol. The first-order valence-corrected chi connectivity index (χ1v) is 8.10. The predicted octanol–water partition coefficient (Wildman–Crippen LogP) is 3.49. The van der Waals surface area contributed by atoms with Crippen LogP contribution >= 0.6 is 0 Å². The summed E-state index contributed by atoms with van der Waals surface area (Å²) >= 11 is 0. The van der Waals surface area contributed by atoms with E-state index in [0.29, 0.717) is 11.1 Å². The van der Waals surface area contributed by atoms with Gasteiger partial charge in [0.2, 0.25) is 0 Å². The summed E-state index contributed by atoms with van der Waals surface area (Å²) in [4.78, 5) is 12.4. The maximum Gasteiger partial charge on any atom is 0.189 e. The topological polar surface area (TPSA) is 98.0 Å². The third kappa shape index (κ3) is 4.32. The highest BCUT2D eigenvalue weighted by Gasteiger charge is 2.19. The molecule has 5 heteroatoms. The summed E-state index contributed by atoms with van der Waals surface area (Å²) < 4.78 is 0. The molecule has 2 aromatic carbocycles. The Morgan fingerprint density at radius 3 is 2.46 bits per heavy atom. The van der Waals surface area contributed by atoms with Crippen molar-refractivity contribution >= 4 is 11.9 Å². The van der Waals surface area contributed by atoms with Crippen molar-refractivity contribution in [2.75, 3.05) is 0 Å². The number of benzene rings is 2. The molecule has 4 N–H and O–H groups in total. The number of hydrogen-bond donors (Lipinski definition) is 4. The van der Waals surface area contributed by atoms with E-state index >= 15 is 0 Å². The second kappa shape index (κ2) is 7.89. The molecule has 0 bridgehead atoms. The molecule has 1 unspecified atom stereocenters. The van der Waals surface area contributed by atoms with E-state index in [2.05, 4.69) is 6.58 Å². The Bertz CT molecular complexity index is 880. The lowest BCUT2D eigenvalue weighted by molar-refractivity contribution is 0.104. The summed E-state index contributed by atoms with van der Waals surface area (Å²) in [5.74, 6) is -1.03. The molecule has 2 rings (SSSR count). The van der Waals surface area contributed by atoms with Crippen LogP contribution in [0, 0.1) is 6.92 Å². The van der Waals surface area contributed by atoms with E-state index in [1.807, 2.05) is 6.92 Å². The van der Waals surface area contributed by atoms with E-state index in [1.165, 1.54) is 24.3 Å². The van der Waals surface area contributed by atoms with E-state index in [0.717, 1.165) is 5.56 Å². The minimum atomic E-state index is -0.947. The summed E-state index contributed by atoms with van der Waals surface area (Å²) in [6.45, 7) is 7.10. The maximum atomic E-state index is 12.4. The highest BCUT2D eigenvalue weighted by atomic mass is 16.3. The van der Waals surface area contributed by atoms with Crippen LogP contribution in [0.4, 0.5) is 0 Å². The molecule has 136 valence electrons. The molecule has 1 atom stereocenters. The minimum Gasteiger partial charge on any atom is -0.508 e. The molecule has 5 nitrogen and oxygen atoms in total. The number of ketones is 1. The highest BCUT2D eigenvalue weighted by Crippen LogP contribution is 2.33. The summed E-state index contributed by atoms with van der Waals surface area (Å²) in [5, 5.41) is 40.1. The van der Waals surface area contributed by atoms with E-state index in [-0.39, 0.29) is 34.8 Å². The van der Waals surface area contributed by atoms with Crippen molar-refractivity contribution < 1.29 is 25.2 Å². The molecule has 0 heterocycles. The van der Waals surface area contributed by atoms with Gasteiger partial charge in [-0.15, -0.1) is 0 Å². The minimum absolute atomic E-state index is 0.00503. The number of phenols is 3. The molecule has 0 saturated heterocycles. The van der Waals surface area contributed by atoms with Crippen molar-refractivity contribution in [1.29, 1.82) is 0 Å². The van der Waals surface area contributed by atoms with Gasteiger partial charge >= 0.3 is 0 Å². The molecule has 0 spiro atoms. The van der Waals surface area contributed by atoms with E-state index in [9.17, 15) is 25.2 Å². The molecule has 0 amide bonds. The number of carbonyl (C=O) groups excluding carboxylic acids is 1. The summed E-state index contributed by atoms with van der Waals surface area (Å²) in [7, 11) is 0. The lowest BCUT2D eigenvalue weighted by Gasteiger charge is -2.14. The predicted molar refractivity (Wildman–Crippen MR) is 101 cm³/mol. The van der Waals surface area contributed by atoms with Crippen molar-refractivity contribution in [2.24, 2.45) is 0 Å². The van der Waals surface area contributed by atoms with Gasteiger partial charge in [-0.1, -0.05) is 24.3 Å². The normalized spacial score (nSPS) is 12.3. The summed E-state index contributed by atoms with van der Waals surface area (Å²) in [6, 6.07) is 7.67. The fourth-order valence-corrected chi connectivity index (χ4v) is 2.44. The van der Waals surface area contributed by atoms with Gasteiger partial charge in [0.1, 0.15) is 17.2 Å². The van der Waals surface area contributed by atoms with Gasteiger partial charge in [-0.25, -0.2) is 0 Å². The van der Waals surface area contributed by atoms with Crippen LogP contribution in [0.5, 0.6) is 17.2 Å². The fourth-order valence-electron chi connectivity index (χ4n) is 2.44. The van der Waals surface area contributed by atoms with Gasteiger partial charge in [0, 0.05) is 17.5 Å². The first-order valence-electron chi connectivity index (χ1n) is 8.10. The van der Waals surface area contributed by atoms with Crippen molar-refractivity contribution in [3.8, 4) is 17.2 Å². The zero-order valence-electron chi connectivity index (χ0n) is 14.7. The number of aliphatic hydroxyl groups excluding tert-OH is 1. The number of hydrogen-bond acceptors (Lipinski definition) is 5. The number of aromatic hydroxyl groups is 3. The lowest BCUT2D eigenvalue weighted by atomic mass is 9.97. The van der Waals surface area contributed by atoms with Crippen molar-refractivity contribution in [3.63, 3.8) is 0 Å². The van der Waals surface area contributed by atoms with Gasteiger partial charge in [-0.05, 0) is 49.8 Å². The van der Waals surface area contributed by atoms with Crippen LogP contribution in [0.2, 0.25) is 0 Å². The van der Waals surface area contributed by atoms with Gasteiger partial charge in [0.15, 0.2) is 5.78 Å². The Kier molecular flexibility index (Phi) is 5.85. The Hall–Kier alpha value is -3.05. The van der Waals surface area contributed by atoms with Gasteiger partial charge in [0.25, 0.3) is 0 Å². The van der Waals surface area contributed by atoms with Crippen molar-refractivity contribution in [3.05, 3.63) is 70.8 Å². The molecule has 0 aliphatic heterocycles. The fraction of sp³-hybridized carbons (Fsp3) is 0.190. The summed E-state index contributed by atoms with van der Waals surface area (Å²) in [5.41, 5.74) is 1.92. The molecule has 26 heavy (non-hydrogen) atoms. The SMILES string of the molecule is C=C(C)C(O)Cc1c(O)ccc(C(=O)/C=C/c2ccc(C)cc2O)c1O. The third-order valence-corrected chi connectivity index (χ3v) is 4.09. The number of rotatable bonds is 6. The Labute approximate surface area is 152 Å². The van der Waals surface area contributed by atoms with Crippen molar-refractivity contribution in [1.82, 2.24) is 0 Å². The molecular formula is C21H22O5. The quantitative estimate of drug-likeness (QED) is 0.362. The molecule has 0 aromatic heterocycles. The highest BCUT2D eigenvalue weighted by molar-refractivity contribution is 6.09. The average Bonchev–Trinajstić information content (AvgIpc) is 2.57. The summed E-state index contributed by atoms with van der Waals surface area (Å²) in [6.07, 6.45) is 1.68. The van der Waals surface area contributed by atoms with Crippen LogP contribution in [0.1, 0.15) is 34.0 Å². The zero-order chi connectivity index (χ0) is 19.4. The molecule has 0 fully saturated rings. The Morgan fingerprint density at radius 1 is 1.15 bits per heavy atom. The van der Waals surface area contributed by atoms with E-state index < -0.39 is 11.9 Å². The van der Waals surface area contributed by atoms with Crippen LogP contribution in [0.25, 0.3) is 6.08 Å². The second-order valence-electron chi connectivity index (χ2n) is 6.29. The van der Waals surface area contributed by atoms with Crippen LogP contribution < -0.4 is 0 Å². The smallest absolute Gasteiger partial charge is 0.189 e. The van der Waals surface area contributed by atoms with Gasteiger partial charge < -0.3 is 20.4 Å². The second-order valence-corrected chi connectivity index (χ2v) is 6.29. The standard InChI is InChI=1S/C21H22O5/c1-12(2)19(24)11-16-18(23)9-7-15(21(16)26)17(22)8-6-14-5-4-13(3)10-20(14)25/h4-10,19,23-26H,1,11H2,2-3H3/b8-6+. The molecular weight excluding hydrogens is 332 g/mol. The lowest BCUT2D eigenvalue weighted by Crippen LogP contribution is -2.12. The zero-order valence-corrected chi connectivity index (χ0v) is 14.7. The van der Waals surface area contributed by atoms with Gasteiger partial charge in [0.05, 0.1) is 11.7 Å². The first-order chi connectivity index (χ1) is 12.2. The van der Waals surface area contributed by atoms with Crippen LogP contribution in [-0.2, 0) is 6.42 Å². The largest absolute Gasteiger partial charge is 0.508 e. The Morgan fingerprint density at radius 2 is 1.85 bits per heavy atom. The molecule has 2 aromatic rings. The number of carbonyl (C=O) groups is 1. The third-order valence-electron chi connectivity index (χ3n) is 4.09. The van der Waals surface area contributed by atoms with Crippen molar-refractivity contribution in [2.45, 2.75) is 26.4 Å².